The predicted octanol–water partition coefficient (Wildman–Crippen LogP) is 2.62. The molecule has 4 heteroatoms. The number of carbonyl (C=O) groups is 1. The van der Waals surface area contributed by atoms with E-state index in [1.807, 2.05) is 4.90 Å². The molecule has 1 aliphatic heterocycles. The van der Waals surface area contributed by atoms with E-state index >= 15 is 0 Å². The van der Waals surface area contributed by atoms with Gasteiger partial charge in [-0.2, -0.15) is 0 Å². The van der Waals surface area contributed by atoms with Crippen molar-refractivity contribution in [3.8, 4) is 0 Å². The Morgan fingerprint density at radius 3 is 2.50 bits per heavy atom. The number of rotatable bonds is 4. The van der Waals surface area contributed by atoms with Crippen molar-refractivity contribution in [1.82, 2.24) is 10.2 Å². The smallest absolute Gasteiger partial charge is 0.317 e. The first-order chi connectivity index (χ1) is 9.72. The molecule has 2 amide bonds. The van der Waals surface area contributed by atoms with Crippen molar-refractivity contribution >= 4 is 6.03 Å². The van der Waals surface area contributed by atoms with E-state index in [-0.39, 0.29) is 18.6 Å². The van der Waals surface area contributed by atoms with E-state index in [0.717, 1.165) is 31.8 Å². The van der Waals surface area contributed by atoms with Crippen LogP contribution in [0.4, 0.5) is 4.79 Å². The molecule has 1 unspecified atom stereocenters. The Bertz CT molecular complexity index is 301. The predicted molar refractivity (Wildman–Crippen MR) is 80.5 cm³/mol. The third-order valence-corrected chi connectivity index (χ3v) is 5.15. The Labute approximate surface area is 122 Å². The van der Waals surface area contributed by atoms with Crippen molar-refractivity contribution in [3.05, 3.63) is 0 Å². The highest BCUT2D eigenvalue weighted by molar-refractivity contribution is 5.74. The van der Waals surface area contributed by atoms with Crippen LogP contribution in [-0.4, -0.2) is 42.3 Å². The second-order valence-electron chi connectivity index (χ2n) is 6.62. The zero-order valence-electron chi connectivity index (χ0n) is 12.8. The summed E-state index contributed by atoms with van der Waals surface area (Å²) in [5, 5.41) is 12.3. The molecule has 1 atom stereocenters. The van der Waals surface area contributed by atoms with Crippen LogP contribution in [0.2, 0.25) is 0 Å². The minimum atomic E-state index is 0.0702. The third kappa shape index (κ3) is 4.37. The van der Waals surface area contributed by atoms with E-state index in [1.165, 1.54) is 32.1 Å². The summed E-state index contributed by atoms with van der Waals surface area (Å²) in [6.45, 7) is 4.86. The lowest BCUT2D eigenvalue weighted by Gasteiger charge is -2.33. The summed E-state index contributed by atoms with van der Waals surface area (Å²) in [5.74, 6) is 1.85. The van der Waals surface area contributed by atoms with E-state index in [9.17, 15) is 9.90 Å². The van der Waals surface area contributed by atoms with Gasteiger partial charge in [-0.05, 0) is 43.4 Å². The first-order valence-electron chi connectivity index (χ1n) is 8.36. The average Bonchev–Trinajstić information content (AvgIpc) is 2.53. The Kier molecular flexibility index (Phi) is 6.14. The Morgan fingerprint density at radius 1 is 1.15 bits per heavy atom. The van der Waals surface area contributed by atoms with Crippen LogP contribution >= 0.6 is 0 Å². The molecule has 116 valence electrons. The number of urea groups is 1. The van der Waals surface area contributed by atoms with Gasteiger partial charge in [-0.3, -0.25) is 0 Å². The van der Waals surface area contributed by atoms with E-state index in [4.69, 9.17) is 0 Å². The van der Waals surface area contributed by atoms with Gasteiger partial charge in [-0.1, -0.05) is 26.2 Å². The molecule has 1 saturated carbocycles. The maximum atomic E-state index is 12.2. The molecule has 0 spiro atoms. The molecule has 2 rings (SSSR count). The van der Waals surface area contributed by atoms with Gasteiger partial charge in [0.2, 0.25) is 0 Å². The summed E-state index contributed by atoms with van der Waals surface area (Å²) in [6.07, 6.45) is 8.54. The van der Waals surface area contributed by atoms with E-state index in [1.54, 1.807) is 0 Å². The minimum Gasteiger partial charge on any atom is -0.396 e. The standard InChI is InChI=1S/C16H30N2O2/c1-2-13-5-7-14(8-6-13)10-17-16(20)18-9-3-4-15(11-18)12-19/h13-15,19H,2-12H2,1H3,(H,17,20). The summed E-state index contributed by atoms with van der Waals surface area (Å²) >= 11 is 0. The number of aliphatic hydroxyl groups excluding tert-OH is 1. The van der Waals surface area contributed by atoms with Gasteiger partial charge in [0, 0.05) is 26.2 Å². The Balaban J connectivity index is 1.67. The topological polar surface area (TPSA) is 52.6 Å². The zero-order chi connectivity index (χ0) is 14.4. The first-order valence-corrected chi connectivity index (χ1v) is 8.36. The molecule has 0 aromatic rings. The molecule has 2 aliphatic rings. The van der Waals surface area contributed by atoms with Gasteiger partial charge >= 0.3 is 6.03 Å². The summed E-state index contributed by atoms with van der Waals surface area (Å²) in [4.78, 5) is 14.0. The van der Waals surface area contributed by atoms with Crippen molar-refractivity contribution in [2.75, 3.05) is 26.2 Å². The van der Waals surface area contributed by atoms with Crippen molar-refractivity contribution in [3.63, 3.8) is 0 Å². The van der Waals surface area contributed by atoms with Gasteiger partial charge in [0.25, 0.3) is 0 Å². The van der Waals surface area contributed by atoms with Crippen LogP contribution < -0.4 is 5.32 Å². The van der Waals surface area contributed by atoms with Crippen LogP contribution in [0.15, 0.2) is 0 Å². The van der Waals surface area contributed by atoms with Crippen LogP contribution in [0.3, 0.4) is 0 Å². The monoisotopic (exact) mass is 282 g/mol. The number of likely N-dealkylation sites (tertiary alicyclic amines) is 1. The molecule has 0 aromatic heterocycles. The van der Waals surface area contributed by atoms with Crippen molar-refractivity contribution < 1.29 is 9.90 Å². The number of carbonyl (C=O) groups excluding carboxylic acids is 1. The molecule has 1 heterocycles. The molecule has 1 aliphatic carbocycles. The molecule has 0 bridgehead atoms. The Hall–Kier alpha value is -0.770. The van der Waals surface area contributed by atoms with Crippen LogP contribution in [-0.2, 0) is 0 Å². The lowest BCUT2D eigenvalue weighted by Crippen LogP contribution is -2.47. The van der Waals surface area contributed by atoms with Crippen molar-refractivity contribution in [2.45, 2.75) is 51.9 Å². The number of nitrogens with zero attached hydrogens (tertiary/aromatic N) is 1. The minimum absolute atomic E-state index is 0.0702. The number of amides is 2. The first kappa shape index (κ1) is 15.6. The summed E-state index contributed by atoms with van der Waals surface area (Å²) in [7, 11) is 0. The highest BCUT2D eigenvalue weighted by Gasteiger charge is 2.24. The van der Waals surface area contributed by atoms with Crippen molar-refractivity contribution in [1.29, 1.82) is 0 Å². The SMILES string of the molecule is CCC1CCC(CNC(=O)N2CCCC(CO)C2)CC1. The average molecular weight is 282 g/mol. The highest BCUT2D eigenvalue weighted by Crippen LogP contribution is 2.30. The molecular formula is C16H30N2O2. The van der Waals surface area contributed by atoms with Gasteiger partial charge < -0.3 is 15.3 Å². The highest BCUT2D eigenvalue weighted by atomic mass is 16.3. The van der Waals surface area contributed by atoms with E-state index in [2.05, 4.69) is 12.2 Å². The lowest BCUT2D eigenvalue weighted by molar-refractivity contribution is 0.128. The van der Waals surface area contributed by atoms with Gasteiger partial charge in [0.15, 0.2) is 0 Å². The molecule has 20 heavy (non-hydrogen) atoms. The summed E-state index contributed by atoms with van der Waals surface area (Å²) < 4.78 is 0. The number of hydrogen-bond donors (Lipinski definition) is 2. The van der Waals surface area contributed by atoms with E-state index in [0.29, 0.717) is 12.5 Å². The number of aliphatic hydroxyl groups is 1. The number of hydrogen-bond acceptors (Lipinski definition) is 2. The van der Waals surface area contributed by atoms with Crippen LogP contribution in [0.1, 0.15) is 51.9 Å². The van der Waals surface area contributed by atoms with Gasteiger partial charge in [-0.15, -0.1) is 0 Å². The molecular weight excluding hydrogens is 252 g/mol. The van der Waals surface area contributed by atoms with Crippen LogP contribution in [0.25, 0.3) is 0 Å². The number of piperidine rings is 1. The second kappa shape index (κ2) is 7.87. The lowest BCUT2D eigenvalue weighted by atomic mass is 9.81. The quantitative estimate of drug-likeness (QED) is 0.833. The molecule has 2 N–H and O–H groups in total. The second-order valence-corrected chi connectivity index (χ2v) is 6.62. The molecule has 0 radical (unpaired) electrons. The zero-order valence-corrected chi connectivity index (χ0v) is 12.8. The van der Waals surface area contributed by atoms with Gasteiger partial charge in [-0.25, -0.2) is 4.79 Å². The van der Waals surface area contributed by atoms with Crippen molar-refractivity contribution in [2.24, 2.45) is 17.8 Å². The number of nitrogens with one attached hydrogen (secondary N) is 1. The van der Waals surface area contributed by atoms with Gasteiger partial charge in [0.05, 0.1) is 0 Å². The molecule has 2 fully saturated rings. The van der Waals surface area contributed by atoms with Gasteiger partial charge in [0.1, 0.15) is 0 Å². The largest absolute Gasteiger partial charge is 0.396 e. The maximum Gasteiger partial charge on any atom is 0.317 e. The van der Waals surface area contributed by atoms with E-state index < -0.39 is 0 Å². The summed E-state index contributed by atoms with van der Waals surface area (Å²) in [5.41, 5.74) is 0. The fourth-order valence-corrected chi connectivity index (χ4v) is 3.59. The summed E-state index contributed by atoms with van der Waals surface area (Å²) in [6, 6.07) is 0.0702. The molecule has 4 nitrogen and oxygen atoms in total. The molecule has 0 aromatic carbocycles. The third-order valence-electron chi connectivity index (χ3n) is 5.15. The maximum absolute atomic E-state index is 12.2. The molecule has 1 saturated heterocycles. The Morgan fingerprint density at radius 2 is 1.85 bits per heavy atom. The fraction of sp³-hybridized carbons (Fsp3) is 0.938. The van der Waals surface area contributed by atoms with Crippen LogP contribution in [0.5, 0.6) is 0 Å². The fourth-order valence-electron chi connectivity index (χ4n) is 3.59. The normalized spacial score (nSPS) is 31.1. The van der Waals surface area contributed by atoms with Crippen LogP contribution in [0, 0.1) is 17.8 Å².